The standard InChI is InChI=1S/C22H17F3N2O/c1-14-4-7-16(8-5-14)17-9-11-20(27-13-17)21(24,25)22(28,26-3)18-10-6-15(2)12-19(18)23/h4-13,28H,1-2H3/t22-/m1/s1. The third kappa shape index (κ3) is 3.25. The van der Waals surface area contributed by atoms with Gasteiger partial charge in [0, 0.05) is 11.8 Å². The fourth-order valence-corrected chi connectivity index (χ4v) is 2.88. The molecule has 6 heteroatoms. The molecule has 3 aromatic rings. The smallest absolute Gasteiger partial charge is 0.315 e. The van der Waals surface area contributed by atoms with Crippen LogP contribution in [0.15, 0.2) is 60.8 Å². The molecular formula is C22H17F3N2O. The van der Waals surface area contributed by atoms with E-state index in [1.807, 2.05) is 31.2 Å². The Bertz CT molecular complexity index is 1040. The third-order valence-corrected chi connectivity index (χ3v) is 4.57. The van der Waals surface area contributed by atoms with Crippen LogP contribution in [-0.4, -0.2) is 10.1 Å². The molecule has 3 rings (SSSR count). The zero-order valence-electron chi connectivity index (χ0n) is 15.2. The maximum atomic E-state index is 15.1. The number of rotatable bonds is 4. The second-order valence-corrected chi connectivity index (χ2v) is 6.64. The van der Waals surface area contributed by atoms with Crippen molar-refractivity contribution in [2.75, 3.05) is 0 Å². The first-order valence-corrected chi connectivity index (χ1v) is 8.48. The average molecular weight is 382 g/mol. The monoisotopic (exact) mass is 382 g/mol. The molecule has 28 heavy (non-hydrogen) atoms. The van der Waals surface area contributed by atoms with Crippen LogP contribution in [0.25, 0.3) is 16.0 Å². The molecule has 0 aliphatic heterocycles. The summed E-state index contributed by atoms with van der Waals surface area (Å²) in [5.74, 6) is -5.20. The van der Waals surface area contributed by atoms with Crippen LogP contribution < -0.4 is 0 Å². The van der Waals surface area contributed by atoms with Gasteiger partial charge in [0.25, 0.3) is 0 Å². The van der Waals surface area contributed by atoms with Crippen molar-refractivity contribution in [3.8, 4) is 11.1 Å². The molecule has 0 bridgehead atoms. The van der Waals surface area contributed by atoms with Crippen molar-refractivity contribution in [3.05, 3.63) is 100 Å². The fourth-order valence-electron chi connectivity index (χ4n) is 2.88. The summed E-state index contributed by atoms with van der Waals surface area (Å²) < 4.78 is 44.4. The van der Waals surface area contributed by atoms with E-state index in [1.54, 1.807) is 6.92 Å². The van der Waals surface area contributed by atoms with Gasteiger partial charge < -0.3 is 5.11 Å². The topological polar surface area (TPSA) is 37.5 Å². The van der Waals surface area contributed by atoms with Gasteiger partial charge in [0.1, 0.15) is 17.1 Å². The van der Waals surface area contributed by atoms with Crippen LogP contribution in [0.4, 0.5) is 13.2 Å². The summed E-state index contributed by atoms with van der Waals surface area (Å²) in [7, 11) is 0. The molecule has 0 spiro atoms. The predicted octanol–water partition coefficient (Wildman–Crippen LogP) is 5.36. The first-order chi connectivity index (χ1) is 13.2. The third-order valence-electron chi connectivity index (χ3n) is 4.57. The van der Waals surface area contributed by atoms with Gasteiger partial charge in [-0.15, -0.1) is 0 Å². The van der Waals surface area contributed by atoms with E-state index in [2.05, 4.69) is 9.83 Å². The Hall–Kier alpha value is -3.17. The molecule has 0 saturated heterocycles. The average Bonchev–Trinajstić information content (AvgIpc) is 2.68. The maximum Gasteiger partial charge on any atom is 0.433 e. The Labute approximate surface area is 160 Å². The molecule has 0 saturated carbocycles. The summed E-state index contributed by atoms with van der Waals surface area (Å²) in [6, 6.07) is 13.3. The van der Waals surface area contributed by atoms with Crippen molar-refractivity contribution in [2.45, 2.75) is 25.5 Å². The summed E-state index contributed by atoms with van der Waals surface area (Å²) in [6.07, 6.45) is 1.24. The summed E-state index contributed by atoms with van der Waals surface area (Å²) in [6.45, 7) is 10.7. The molecular weight excluding hydrogens is 365 g/mol. The van der Waals surface area contributed by atoms with Gasteiger partial charge in [-0.3, -0.25) is 9.83 Å². The number of hydrogen-bond acceptors (Lipinski definition) is 2. The van der Waals surface area contributed by atoms with Gasteiger partial charge in [0.05, 0.1) is 0 Å². The van der Waals surface area contributed by atoms with Crippen LogP contribution in [0, 0.1) is 26.2 Å². The Kier molecular flexibility index (Phi) is 4.97. The zero-order chi connectivity index (χ0) is 20.5. The number of aromatic nitrogens is 1. The molecule has 0 fully saturated rings. The highest BCUT2D eigenvalue weighted by Crippen LogP contribution is 2.46. The normalized spacial score (nSPS) is 13.6. The van der Waals surface area contributed by atoms with Crippen molar-refractivity contribution in [1.29, 1.82) is 0 Å². The highest BCUT2D eigenvalue weighted by molar-refractivity contribution is 5.62. The molecule has 142 valence electrons. The van der Waals surface area contributed by atoms with E-state index in [-0.39, 0.29) is 0 Å². The molecule has 2 aromatic carbocycles. The van der Waals surface area contributed by atoms with Crippen molar-refractivity contribution in [2.24, 2.45) is 0 Å². The SMILES string of the molecule is [C-]#[N+][C@@](O)(c1ccc(C)cc1F)C(F)(F)c1ccc(-c2ccc(C)cc2)cn1. The van der Waals surface area contributed by atoms with E-state index in [0.29, 0.717) is 11.1 Å². The molecule has 1 aromatic heterocycles. The number of alkyl halides is 2. The first kappa shape index (κ1) is 19.6. The van der Waals surface area contributed by atoms with Crippen molar-refractivity contribution in [3.63, 3.8) is 0 Å². The number of benzene rings is 2. The first-order valence-electron chi connectivity index (χ1n) is 8.48. The number of pyridine rings is 1. The van der Waals surface area contributed by atoms with Gasteiger partial charge in [-0.05, 0) is 43.2 Å². The van der Waals surface area contributed by atoms with E-state index in [9.17, 15) is 9.50 Å². The Balaban J connectivity index is 2.02. The maximum absolute atomic E-state index is 15.1. The minimum atomic E-state index is -4.13. The summed E-state index contributed by atoms with van der Waals surface area (Å²) in [5, 5.41) is 10.5. The van der Waals surface area contributed by atoms with Gasteiger partial charge in [-0.25, -0.2) is 11.0 Å². The molecule has 3 nitrogen and oxygen atoms in total. The molecule has 1 heterocycles. The zero-order valence-corrected chi connectivity index (χ0v) is 15.2. The summed E-state index contributed by atoms with van der Waals surface area (Å²) >= 11 is 0. The van der Waals surface area contributed by atoms with Gasteiger partial charge in [-0.1, -0.05) is 42.0 Å². The quantitative estimate of drug-likeness (QED) is 0.617. The largest absolute Gasteiger partial charge is 0.433 e. The second kappa shape index (κ2) is 7.10. The minimum Gasteiger partial charge on any atom is -0.315 e. The second-order valence-electron chi connectivity index (χ2n) is 6.64. The molecule has 0 aliphatic carbocycles. The number of hydrogen-bond donors (Lipinski definition) is 1. The van der Waals surface area contributed by atoms with Gasteiger partial charge in [0.2, 0.25) is 0 Å². The predicted molar refractivity (Wildman–Crippen MR) is 99.9 cm³/mol. The molecule has 0 amide bonds. The van der Waals surface area contributed by atoms with Crippen LogP contribution in [0.5, 0.6) is 0 Å². The van der Waals surface area contributed by atoms with Gasteiger partial charge in [0.15, 0.2) is 0 Å². The highest BCUT2D eigenvalue weighted by atomic mass is 19.3. The van der Waals surface area contributed by atoms with E-state index in [4.69, 9.17) is 6.57 Å². The molecule has 0 radical (unpaired) electrons. The summed E-state index contributed by atoms with van der Waals surface area (Å²) in [5.41, 5.74) is -2.09. The van der Waals surface area contributed by atoms with Crippen LogP contribution in [0.3, 0.4) is 0 Å². The van der Waals surface area contributed by atoms with Crippen molar-refractivity contribution in [1.82, 2.24) is 4.98 Å². The Morgan fingerprint density at radius 3 is 2.07 bits per heavy atom. The van der Waals surface area contributed by atoms with Crippen molar-refractivity contribution >= 4 is 0 Å². The van der Waals surface area contributed by atoms with Crippen LogP contribution in [0.1, 0.15) is 22.4 Å². The number of aryl methyl sites for hydroxylation is 2. The minimum absolute atomic E-state index is 0.484. The van der Waals surface area contributed by atoms with E-state index >= 15 is 8.78 Å². The number of nitrogens with zero attached hydrogens (tertiary/aromatic N) is 2. The molecule has 1 N–H and O–H groups in total. The van der Waals surface area contributed by atoms with Crippen LogP contribution >= 0.6 is 0 Å². The lowest BCUT2D eigenvalue weighted by Gasteiger charge is -2.25. The van der Waals surface area contributed by atoms with E-state index in [1.165, 1.54) is 18.3 Å². The van der Waals surface area contributed by atoms with Crippen molar-refractivity contribution < 1.29 is 18.3 Å². The lowest BCUT2D eigenvalue weighted by molar-refractivity contribution is -0.173. The van der Waals surface area contributed by atoms with E-state index < -0.39 is 28.7 Å². The number of aliphatic hydroxyl groups is 1. The van der Waals surface area contributed by atoms with E-state index in [0.717, 1.165) is 29.3 Å². The van der Waals surface area contributed by atoms with Crippen LogP contribution in [0.2, 0.25) is 0 Å². The van der Waals surface area contributed by atoms with Gasteiger partial charge in [-0.2, -0.15) is 8.78 Å². The molecule has 0 aliphatic rings. The van der Waals surface area contributed by atoms with Gasteiger partial charge >= 0.3 is 11.6 Å². The fraction of sp³-hybridized carbons (Fsp3) is 0.182. The molecule has 0 unspecified atom stereocenters. The Morgan fingerprint density at radius 1 is 0.929 bits per heavy atom. The van der Waals surface area contributed by atoms with Crippen LogP contribution in [-0.2, 0) is 11.6 Å². The Morgan fingerprint density at radius 2 is 1.54 bits per heavy atom. The lowest BCUT2D eigenvalue weighted by Crippen LogP contribution is -2.41. The summed E-state index contributed by atoms with van der Waals surface area (Å²) in [4.78, 5) is 6.45. The highest BCUT2D eigenvalue weighted by Gasteiger charge is 2.64. The lowest BCUT2D eigenvalue weighted by atomic mass is 9.92. The number of halogens is 3. The molecule has 1 atom stereocenters.